The third-order valence-corrected chi connectivity index (χ3v) is 10.7. The van der Waals surface area contributed by atoms with E-state index in [0.29, 0.717) is 0 Å². The van der Waals surface area contributed by atoms with Crippen LogP contribution >= 0.6 is 0 Å². The maximum Gasteiger partial charge on any atom is 0.159 e. The van der Waals surface area contributed by atoms with Gasteiger partial charge in [-0.1, -0.05) is 109 Å². The lowest BCUT2D eigenvalue weighted by molar-refractivity contribution is 0.669. The first kappa shape index (κ1) is 26.7. The van der Waals surface area contributed by atoms with E-state index in [1.807, 2.05) is 6.07 Å². The third-order valence-electron chi connectivity index (χ3n) is 10.7. The van der Waals surface area contributed by atoms with Gasteiger partial charge in [0.15, 0.2) is 5.58 Å². The van der Waals surface area contributed by atoms with Gasteiger partial charge in [-0.25, -0.2) is 0 Å². The van der Waals surface area contributed by atoms with Crippen LogP contribution in [0, 0.1) is 0 Å². The third kappa shape index (κ3) is 3.78. The van der Waals surface area contributed by atoms with Crippen molar-refractivity contribution in [3.05, 3.63) is 174 Å². The summed E-state index contributed by atoms with van der Waals surface area (Å²) in [4.78, 5) is 2.48. The minimum absolute atomic E-state index is 0.244. The summed E-state index contributed by atoms with van der Waals surface area (Å²) in [6.07, 6.45) is 3.37. The summed E-state index contributed by atoms with van der Waals surface area (Å²) in [6, 6.07) is 57.2. The fraction of sp³-hybridized carbons (Fsp3) is 0.0435. The van der Waals surface area contributed by atoms with E-state index >= 15 is 0 Å². The van der Waals surface area contributed by atoms with Gasteiger partial charge in [0.25, 0.3) is 0 Å². The average Bonchev–Trinajstić information content (AvgIpc) is 3.82. The number of hydrogen-bond donors (Lipinski definition) is 0. The molecule has 0 N–H and O–H groups in total. The molecule has 0 saturated heterocycles. The number of fused-ring (bicyclic) bond motifs is 10. The molecule has 3 heterocycles. The van der Waals surface area contributed by atoms with E-state index in [2.05, 4.69) is 167 Å². The highest BCUT2D eigenvalue weighted by Crippen LogP contribution is 2.53. The Morgan fingerprint density at radius 1 is 0.531 bits per heavy atom. The topological polar surface area (TPSA) is 21.3 Å². The molecular formula is C46H30N2O. The van der Waals surface area contributed by atoms with E-state index in [1.54, 1.807) is 0 Å². The van der Waals surface area contributed by atoms with Crippen LogP contribution in [0.4, 0.5) is 11.4 Å². The van der Waals surface area contributed by atoms with Crippen molar-refractivity contribution in [2.45, 2.75) is 12.3 Å². The van der Waals surface area contributed by atoms with E-state index in [-0.39, 0.29) is 5.92 Å². The van der Waals surface area contributed by atoms with Crippen LogP contribution in [0.1, 0.15) is 17.9 Å². The molecule has 0 saturated carbocycles. The summed E-state index contributed by atoms with van der Waals surface area (Å²) in [5.74, 6) is 0.244. The highest BCUT2D eigenvalue weighted by atomic mass is 16.3. The smallest absolute Gasteiger partial charge is 0.159 e. The number of rotatable bonds is 3. The van der Waals surface area contributed by atoms with E-state index in [9.17, 15) is 0 Å². The van der Waals surface area contributed by atoms with Gasteiger partial charge in [0.1, 0.15) is 5.58 Å². The lowest BCUT2D eigenvalue weighted by Crippen LogP contribution is -2.35. The zero-order chi connectivity index (χ0) is 32.1. The fourth-order valence-electron chi connectivity index (χ4n) is 8.53. The van der Waals surface area contributed by atoms with Gasteiger partial charge < -0.3 is 13.9 Å². The zero-order valence-electron chi connectivity index (χ0n) is 26.7. The second-order valence-corrected chi connectivity index (χ2v) is 13.2. The SMILES string of the molecule is C1=c2ccccc2=C2C(C1)c1cc(-c3ccc4c(c3)c3ccccc3n4-c3ccccc3)ccc1N2c1cccc2c1oc1ccccc12. The minimum Gasteiger partial charge on any atom is -0.454 e. The number of nitrogens with zero attached hydrogens (tertiary/aromatic N) is 2. The van der Waals surface area contributed by atoms with Gasteiger partial charge in [-0.2, -0.15) is 0 Å². The number of para-hydroxylation sites is 4. The molecule has 3 nitrogen and oxygen atoms in total. The summed E-state index contributed by atoms with van der Waals surface area (Å²) >= 11 is 0. The Kier molecular flexibility index (Phi) is 5.50. The Hall–Kier alpha value is -6.32. The summed E-state index contributed by atoms with van der Waals surface area (Å²) in [5, 5.41) is 7.42. The van der Waals surface area contributed by atoms with Crippen LogP contribution in [0.2, 0.25) is 0 Å². The van der Waals surface area contributed by atoms with E-state index in [1.165, 1.54) is 66.0 Å². The van der Waals surface area contributed by atoms with Crippen LogP contribution in [-0.2, 0) is 0 Å². The molecule has 1 unspecified atom stereocenters. The molecule has 11 rings (SSSR count). The molecule has 0 amide bonds. The first-order valence-electron chi connectivity index (χ1n) is 17.0. The molecule has 0 bridgehead atoms. The van der Waals surface area contributed by atoms with Crippen molar-refractivity contribution >= 4 is 66.9 Å². The molecule has 3 heteroatoms. The molecule has 2 aliphatic rings. The van der Waals surface area contributed by atoms with Gasteiger partial charge in [-0.3, -0.25) is 0 Å². The minimum atomic E-state index is 0.244. The van der Waals surface area contributed by atoms with Gasteiger partial charge in [-0.15, -0.1) is 0 Å². The van der Waals surface area contributed by atoms with Crippen LogP contribution in [-0.4, -0.2) is 4.57 Å². The van der Waals surface area contributed by atoms with Crippen LogP contribution in [0.25, 0.3) is 72.3 Å². The van der Waals surface area contributed by atoms with Crippen LogP contribution < -0.4 is 15.3 Å². The molecule has 0 fully saturated rings. The number of anilines is 2. The lowest BCUT2D eigenvalue weighted by atomic mass is 9.88. The Bertz CT molecular complexity index is 2930. The highest BCUT2D eigenvalue weighted by Gasteiger charge is 2.37. The second kappa shape index (κ2) is 10.1. The first-order chi connectivity index (χ1) is 24.3. The zero-order valence-corrected chi connectivity index (χ0v) is 26.7. The molecule has 0 spiro atoms. The van der Waals surface area contributed by atoms with Crippen LogP contribution in [0.15, 0.2) is 162 Å². The Morgan fingerprint density at radius 3 is 2.20 bits per heavy atom. The van der Waals surface area contributed by atoms with Crippen molar-refractivity contribution in [2.24, 2.45) is 0 Å². The van der Waals surface area contributed by atoms with Crippen molar-refractivity contribution < 1.29 is 4.42 Å². The average molecular weight is 627 g/mol. The molecule has 7 aromatic carbocycles. The van der Waals surface area contributed by atoms with Gasteiger partial charge in [-0.05, 0) is 82.9 Å². The van der Waals surface area contributed by atoms with E-state index in [0.717, 1.165) is 34.0 Å². The predicted molar refractivity (Wildman–Crippen MR) is 203 cm³/mol. The van der Waals surface area contributed by atoms with Crippen molar-refractivity contribution in [3.8, 4) is 16.8 Å². The summed E-state index contributed by atoms with van der Waals surface area (Å²) in [7, 11) is 0. The van der Waals surface area contributed by atoms with E-state index in [4.69, 9.17) is 4.42 Å². The summed E-state index contributed by atoms with van der Waals surface area (Å²) in [6.45, 7) is 0. The monoisotopic (exact) mass is 626 g/mol. The summed E-state index contributed by atoms with van der Waals surface area (Å²) in [5.41, 5.74) is 12.9. The molecule has 1 aliphatic heterocycles. The molecule has 49 heavy (non-hydrogen) atoms. The fourth-order valence-corrected chi connectivity index (χ4v) is 8.53. The maximum atomic E-state index is 6.62. The normalized spacial score (nSPS) is 15.1. The lowest BCUT2D eigenvalue weighted by Gasteiger charge is -2.25. The standard InChI is InChI=1S/C46H30N2O/c1-2-12-32(13-3-1)47-40-18-8-6-15-34(40)38-27-30(22-25-41(38)47)31-23-26-42-39(28-31)36-24-21-29-11-4-5-14-33(29)45(36)48(42)43-19-10-17-37-35-16-7-9-20-44(35)49-46(37)43/h1-23,25-28,36H,24H2. The number of furan rings is 1. The maximum absolute atomic E-state index is 6.62. The predicted octanol–water partition coefficient (Wildman–Crippen LogP) is 10.6. The van der Waals surface area contributed by atoms with Crippen LogP contribution in [0.3, 0.4) is 0 Å². The number of hydrogen-bond acceptors (Lipinski definition) is 2. The van der Waals surface area contributed by atoms with Crippen molar-refractivity contribution in [3.63, 3.8) is 0 Å². The molecule has 230 valence electrons. The van der Waals surface area contributed by atoms with Gasteiger partial charge in [0.05, 0.1) is 16.7 Å². The molecule has 1 aliphatic carbocycles. The Labute approximate surface area is 282 Å². The van der Waals surface area contributed by atoms with Crippen molar-refractivity contribution in [2.75, 3.05) is 4.90 Å². The van der Waals surface area contributed by atoms with Gasteiger partial charge in [0.2, 0.25) is 0 Å². The molecule has 0 radical (unpaired) electrons. The largest absolute Gasteiger partial charge is 0.454 e. The quantitative estimate of drug-likeness (QED) is 0.195. The van der Waals surface area contributed by atoms with Crippen LogP contribution in [0.5, 0.6) is 0 Å². The van der Waals surface area contributed by atoms with Gasteiger partial charge >= 0.3 is 0 Å². The van der Waals surface area contributed by atoms with Crippen molar-refractivity contribution in [1.29, 1.82) is 0 Å². The Morgan fingerprint density at radius 2 is 1.27 bits per heavy atom. The molecular weight excluding hydrogens is 597 g/mol. The van der Waals surface area contributed by atoms with Crippen molar-refractivity contribution in [1.82, 2.24) is 4.57 Å². The highest BCUT2D eigenvalue weighted by molar-refractivity contribution is 6.12. The van der Waals surface area contributed by atoms with Gasteiger partial charge in [0, 0.05) is 49.8 Å². The molecule has 9 aromatic rings. The number of benzene rings is 7. The Balaban J connectivity index is 1.13. The van der Waals surface area contributed by atoms with E-state index < -0.39 is 0 Å². The first-order valence-corrected chi connectivity index (χ1v) is 17.0. The summed E-state index contributed by atoms with van der Waals surface area (Å²) < 4.78 is 9.00. The molecule has 1 atom stereocenters. The second-order valence-electron chi connectivity index (χ2n) is 13.2. The number of aromatic nitrogens is 1. The molecule has 2 aromatic heterocycles.